The van der Waals surface area contributed by atoms with Gasteiger partial charge in [0.05, 0.1) is 5.69 Å². The number of halogens is 2. The van der Waals surface area contributed by atoms with Gasteiger partial charge in [0.1, 0.15) is 0 Å². The number of aromatic nitrogens is 2. The van der Waals surface area contributed by atoms with Gasteiger partial charge in [-0.25, -0.2) is 0 Å². The fourth-order valence-corrected chi connectivity index (χ4v) is 2.50. The highest BCUT2D eigenvalue weighted by molar-refractivity contribution is 5.92. The van der Waals surface area contributed by atoms with E-state index in [1.165, 1.54) is 0 Å². The van der Waals surface area contributed by atoms with Gasteiger partial charge < -0.3 is 30.1 Å². The second-order valence-electron chi connectivity index (χ2n) is 5.90. The highest BCUT2D eigenvalue weighted by atomic mass is 35.5. The molecule has 0 aliphatic rings. The monoisotopic (exact) mass is 434 g/mol. The van der Waals surface area contributed by atoms with Crippen LogP contribution in [0.2, 0.25) is 0 Å². The van der Waals surface area contributed by atoms with Crippen molar-refractivity contribution in [2.75, 3.05) is 10.4 Å². The maximum Gasteiger partial charge on any atom is 0.316 e. The van der Waals surface area contributed by atoms with Crippen LogP contribution < -0.4 is 44.3 Å². The van der Waals surface area contributed by atoms with Crippen LogP contribution in [0.4, 0.5) is 11.4 Å². The van der Waals surface area contributed by atoms with E-state index in [0.717, 1.165) is 0 Å². The highest BCUT2D eigenvalue weighted by Gasteiger charge is 2.18. The molecule has 0 radical (unpaired) electrons. The number of nitrogens with one attached hydrogen (secondary N) is 1. The van der Waals surface area contributed by atoms with E-state index >= 15 is 0 Å². The second kappa shape index (κ2) is 11.8. The molecule has 2 heterocycles. The van der Waals surface area contributed by atoms with Gasteiger partial charge in [0, 0.05) is 30.0 Å². The van der Waals surface area contributed by atoms with Gasteiger partial charge in [0.2, 0.25) is 13.1 Å². The van der Waals surface area contributed by atoms with E-state index in [1.54, 1.807) is 57.9 Å². The molecule has 0 aliphatic heterocycles. The molecular formula is C20H20Cl2N4O3. The van der Waals surface area contributed by atoms with Crippen molar-refractivity contribution in [3.63, 3.8) is 0 Å². The molecule has 0 saturated carbocycles. The molecule has 29 heavy (non-hydrogen) atoms. The van der Waals surface area contributed by atoms with Crippen molar-refractivity contribution in [2.45, 2.75) is 13.1 Å². The minimum atomic E-state index is -0.469. The number of anilines is 2. The van der Waals surface area contributed by atoms with Gasteiger partial charge >= 0.3 is 5.91 Å². The van der Waals surface area contributed by atoms with Crippen LogP contribution in [-0.4, -0.2) is 17.0 Å². The van der Waals surface area contributed by atoms with Crippen molar-refractivity contribution in [1.82, 2.24) is 0 Å². The minimum Gasteiger partial charge on any atom is -1.00 e. The first-order valence-corrected chi connectivity index (χ1v) is 8.42. The lowest BCUT2D eigenvalue weighted by molar-refractivity contribution is -0.684. The Morgan fingerprint density at radius 3 is 1.79 bits per heavy atom. The lowest BCUT2D eigenvalue weighted by Crippen LogP contribution is -3.00. The zero-order valence-electron chi connectivity index (χ0n) is 15.4. The summed E-state index contributed by atoms with van der Waals surface area (Å²) in [5, 5.41) is 13.5. The predicted octanol–water partition coefficient (Wildman–Crippen LogP) is -4.67. The summed E-state index contributed by atoms with van der Waals surface area (Å²) in [7, 11) is 0. The molecule has 0 atom stereocenters. The summed E-state index contributed by atoms with van der Waals surface area (Å²) in [6.07, 6.45) is 7.11. The Balaban J connectivity index is 0.00000210. The minimum absolute atomic E-state index is 0. The van der Waals surface area contributed by atoms with Crippen molar-refractivity contribution in [3.8, 4) is 0 Å². The van der Waals surface area contributed by atoms with Crippen LogP contribution in [0.1, 0.15) is 0 Å². The number of pyridine rings is 2. The van der Waals surface area contributed by atoms with Crippen molar-refractivity contribution in [2.24, 2.45) is 0 Å². The molecule has 0 spiro atoms. The molecule has 0 unspecified atom stereocenters. The summed E-state index contributed by atoms with van der Waals surface area (Å²) in [6.45, 7) is 0.214. The van der Waals surface area contributed by atoms with Crippen LogP contribution in [0, 0.1) is 0 Å². The number of carbonyl (C=O) groups excluding carboxylic acids is 2. The molecule has 2 amide bonds. The third-order valence-electron chi connectivity index (χ3n) is 3.83. The number of carbonyl (C=O) groups is 2. The van der Waals surface area contributed by atoms with E-state index < -0.39 is 5.91 Å². The van der Waals surface area contributed by atoms with Gasteiger partial charge in [0.25, 0.3) is 5.91 Å². The fraction of sp³-hybridized carbons (Fsp3) is 0.100. The maximum atomic E-state index is 12.2. The molecular weight excluding hydrogens is 415 g/mol. The molecule has 7 nitrogen and oxygen atoms in total. The molecule has 3 aromatic rings. The number of amides is 2. The molecule has 3 rings (SSSR count). The SMILES string of the molecule is O=C(C[n+]1ccccc1)Nc1ccc(N(O)C(=O)C[n+]2ccccc2)cc1.[Cl-].[Cl-]. The standard InChI is InChI=1S/C20H19N4O3.2ClH/c25-19(15-22-11-3-1-4-12-22)21-17-7-9-18(10-8-17)24(27)20(26)16-23-13-5-2-6-14-23;;/h1-14,27H,15-16H2;2*1H/q+1;;/p-1. The van der Waals surface area contributed by atoms with Gasteiger partial charge in [-0.1, -0.05) is 12.1 Å². The van der Waals surface area contributed by atoms with Gasteiger partial charge in [-0.3, -0.25) is 14.8 Å². The topological polar surface area (TPSA) is 77.4 Å². The van der Waals surface area contributed by atoms with Gasteiger partial charge in [-0.15, -0.1) is 0 Å². The molecule has 2 N–H and O–H groups in total. The number of nitrogens with zero attached hydrogens (tertiary/aromatic N) is 3. The van der Waals surface area contributed by atoms with Crippen molar-refractivity contribution in [3.05, 3.63) is 85.5 Å². The summed E-state index contributed by atoms with van der Waals surface area (Å²) in [5.74, 6) is -0.639. The van der Waals surface area contributed by atoms with Crippen molar-refractivity contribution < 1.29 is 48.7 Å². The lowest BCUT2D eigenvalue weighted by Gasteiger charge is -2.14. The van der Waals surface area contributed by atoms with E-state index in [1.807, 2.05) is 36.7 Å². The average molecular weight is 435 g/mol. The summed E-state index contributed by atoms with van der Waals surface area (Å²) in [4.78, 5) is 24.2. The van der Waals surface area contributed by atoms with Crippen LogP contribution in [0.3, 0.4) is 0 Å². The third kappa shape index (κ3) is 7.15. The van der Waals surface area contributed by atoms with Crippen LogP contribution in [0.5, 0.6) is 0 Å². The zero-order valence-corrected chi connectivity index (χ0v) is 16.9. The second-order valence-corrected chi connectivity index (χ2v) is 5.90. The molecule has 0 fully saturated rings. The van der Waals surface area contributed by atoms with Gasteiger partial charge in [-0.05, 0) is 24.3 Å². The Bertz CT molecular complexity index is 910. The largest absolute Gasteiger partial charge is 1.00 e. The van der Waals surface area contributed by atoms with E-state index in [2.05, 4.69) is 5.32 Å². The van der Waals surface area contributed by atoms with E-state index in [0.29, 0.717) is 16.4 Å². The number of hydrogen-bond acceptors (Lipinski definition) is 3. The quantitative estimate of drug-likeness (QED) is 0.232. The highest BCUT2D eigenvalue weighted by Crippen LogP contribution is 2.16. The number of hydrogen-bond donors (Lipinski definition) is 2. The molecule has 152 valence electrons. The van der Waals surface area contributed by atoms with Gasteiger partial charge in [0.15, 0.2) is 24.8 Å². The Labute approximate surface area is 181 Å². The normalized spacial score (nSPS) is 9.55. The summed E-state index contributed by atoms with van der Waals surface area (Å²) in [6, 6.07) is 17.4. The van der Waals surface area contributed by atoms with Crippen LogP contribution in [0.15, 0.2) is 85.5 Å². The first-order chi connectivity index (χ1) is 13.1. The van der Waals surface area contributed by atoms with Crippen molar-refractivity contribution >= 4 is 23.2 Å². The first-order valence-electron chi connectivity index (χ1n) is 8.42. The predicted molar refractivity (Wildman–Crippen MR) is 97.6 cm³/mol. The Hall–Kier alpha value is -3.00. The van der Waals surface area contributed by atoms with E-state index in [4.69, 9.17) is 0 Å². The molecule has 0 saturated heterocycles. The summed E-state index contributed by atoms with van der Waals surface area (Å²) >= 11 is 0. The average Bonchev–Trinajstić information content (AvgIpc) is 2.69. The number of rotatable bonds is 6. The third-order valence-corrected chi connectivity index (χ3v) is 3.83. The molecule has 9 heteroatoms. The van der Waals surface area contributed by atoms with E-state index in [-0.39, 0.29) is 43.8 Å². The van der Waals surface area contributed by atoms with Crippen LogP contribution in [-0.2, 0) is 22.7 Å². The fourth-order valence-electron chi connectivity index (χ4n) is 2.50. The molecule has 0 bridgehead atoms. The van der Waals surface area contributed by atoms with Crippen molar-refractivity contribution in [1.29, 1.82) is 0 Å². The summed E-state index contributed by atoms with van der Waals surface area (Å²) < 4.78 is 3.43. The number of hydroxylamine groups is 1. The Morgan fingerprint density at radius 1 is 0.793 bits per heavy atom. The number of benzene rings is 1. The Kier molecular flexibility index (Phi) is 9.74. The summed E-state index contributed by atoms with van der Waals surface area (Å²) in [5.41, 5.74) is 0.908. The smallest absolute Gasteiger partial charge is 0.316 e. The van der Waals surface area contributed by atoms with E-state index in [9.17, 15) is 14.8 Å². The molecule has 0 aliphatic carbocycles. The molecule has 1 aromatic carbocycles. The Morgan fingerprint density at radius 2 is 1.28 bits per heavy atom. The first kappa shape index (κ1) is 24.0. The molecule has 2 aromatic heterocycles. The van der Waals surface area contributed by atoms with Crippen LogP contribution >= 0.6 is 0 Å². The van der Waals surface area contributed by atoms with Crippen LogP contribution in [0.25, 0.3) is 0 Å². The zero-order chi connectivity index (χ0) is 19.1. The maximum absolute atomic E-state index is 12.2. The lowest BCUT2D eigenvalue weighted by atomic mass is 10.2. The van der Waals surface area contributed by atoms with Gasteiger partial charge in [-0.2, -0.15) is 14.2 Å².